The molecule has 2 heterocycles. The minimum absolute atomic E-state index is 0.113. The Bertz CT molecular complexity index is 594. The molecule has 0 saturated heterocycles. The summed E-state index contributed by atoms with van der Waals surface area (Å²) < 4.78 is 0. The lowest BCUT2D eigenvalue weighted by Crippen LogP contribution is -2.33. The summed E-state index contributed by atoms with van der Waals surface area (Å²) in [6, 6.07) is 4.27. The molecule has 5 nitrogen and oxygen atoms in total. The largest absolute Gasteiger partial charge is 0.375 e. The third-order valence-corrected chi connectivity index (χ3v) is 4.01. The van der Waals surface area contributed by atoms with Gasteiger partial charge in [-0.25, -0.2) is 4.98 Å². The molecule has 104 valence electrons. The molecule has 1 amide bonds. The molecule has 6 heteroatoms. The molecule has 1 fully saturated rings. The first-order chi connectivity index (χ1) is 9.72. The highest BCUT2D eigenvalue weighted by molar-refractivity contribution is 7.13. The van der Waals surface area contributed by atoms with Crippen LogP contribution in [0.5, 0.6) is 0 Å². The number of aromatic nitrogens is 2. The van der Waals surface area contributed by atoms with Gasteiger partial charge < -0.3 is 10.6 Å². The first-order valence-electron chi connectivity index (χ1n) is 6.60. The van der Waals surface area contributed by atoms with Crippen LogP contribution in [0.2, 0.25) is 0 Å². The molecule has 0 aliphatic heterocycles. The SMILES string of the molecule is Nc1nc(CC(=O)N(Cc2cccnc2)C2CC2)cs1. The van der Waals surface area contributed by atoms with E-state index in [2.05, 4.69) is 9.97 Å². The average molecular weight is 288 g/mol. The summed E-state index contributed by atoms with van der Waals surface area (Å²) in [6.07, 6.45) is 6.05. The van der Waals surface area contributed by atoms with Crippen molar-refractivity contribution in [2.75, 3.05) is 5.73 Å². The van der Waals surface area contributed by atoms with Crippen LogP contribution in [0.25, 0.3) is 0 Å². The van der Waals surface area contributed by atoms with Crippen molar-refractivity contribution < 1.29 is 4.79 Å². The number of carbonyl (C=O) groups is 1. The van der Waals surface area contributed by atoms with Gasteiger partial charge in [0.1, 0.15) is 0 Å². The standard InChI is InChI=1S/C14H16N4OS/c15-14-17-11(9-20-14)6-13(19)18(12-3-4-12)8-10-2-1-5-16-7-10/h1-2,5,7,9,12H,3-4,6,8H2,(H2,15,17). The summed E-state index contributed by atoms with van der Waals surface area (Å²) in [4.78, 5) is 22.6. The molecule has 1 aliphatic carbocycles. The highest BCUT2D eigenvalue weighted by Gasteiger charge is 2.32. The predicted octanol–water partition coefficient (Wildman–Crippen LogP) is 1.85. The van der Waals surface area contributed by atoms with E-state index in [9.17, 15) is 4.79 Å². The maximum absolute atomic E-state index is 12.4. The van der Waals surface area contributed by atoms with Gasteiger partial charge in [0.05, 0.1) is 12.1 Å². The lowest BCUT2D eigenvalue weighted by molar-refractivity contribution is -0.131. The number of rotatable bonds is 5. The Labute approximate surface area is 121 Å². The van der Waals surface area contributed by atoms with Crippen molar-refractivity contribution in [3.8, 4) is 0 Å². The monoisotopic (exact) mass is 288 g/mol. The van der Waals surface area contributed by atoms with Gasteiger partial charge >= 0.3 is 0 Å². The van der Waals surface area contributed by atoms with Crippen molar-refractivity contribution in [3.63, 3.8) is 0 Å². The van der Waals surface area contributed by atoms with Crippen LogP contribution in [0.3, 0.4) is 0 Å². The lowest BCUT2D eigenvalue weighted by Gasteiger charge is -2.22. The number of nitrogens with two attached hydrogens (primary N) is 1. The number of thiazole rings is 1. The number of nitrogen functional groups attached to an aromatic ring is 1. The smallest absolute Gasteiger partial charge is 0.229 e. The second-order valence-electron chi connectivity index (χ2n) is 4.97. The molecule has 1 aliphatic rings. The summed E-state index contributed by atoms with van der Waals surface area (Å²) in [6.45, 7) is 0.622. The molecule has 0 bridgehead atoms. The Kier molecular flexibility index (Phi) is 3.64. The van der Waals surface area contributed by atoms with Crippen LogP contribution in [0, 0.1) is 0 Å². The summed E-state index contributed by atoms with van der Waals surface area (Å²) in [7, 11) is 0. The van der Waals surface area contributed by atoms with Gasteiger partial charge in [-0.1, -0.05) is 6.07 Å². The van der Waals surface area contributed by atoms with E-state index in [1.165, 1.54) is 11.3 Å². The Morgan fingerprint density at radius 2 is 2.35 bits per heavy atom. The van der Waals surface area contributed by atoms with Crippen molar-refractivity contribution >= 4 is 22.4 Å². The summed E-state index contributed by atoms with van der Waals surface area (Å²) in [5.41, 5.74) is 7.42. The Morgan fingerprint density at radius 1 is 1.50 bits per heavy atom. The van der Waals surface area contributed by atoms with Crippen LogP contribution in [0.1, 0.15) is 24.1 Å². The molecule has 0 unspecified atom stereocenters. The fourth-order valence-electron chi connectivity index (χ4n) is 2.16. The Hall–Kier alpha value is -1.95. The molecule has 1 saturated carbocycles. The average Bonchev–Trinajstić information content (AvgIpc) is 3.21. The first-order valence-corrected chi connectivity index (χ1v) is 7.48. The zero-order valence-corrected chi connectivity index (χ0v) is 11.8. The second-order valence-corrected chi connectivity index (χ2v) is 5.86. The van der Waals surface area contributed by atoms with E-state index < -0.39 is 0 Å². The molecule has 0 aromatic carbocycles. The highest BCUT2D eigenvalue weighted by Crippen LogP contribution is 2.29. The quantitative estimate of drug-likeness (QED) is 0.911. The number of anilines is 1. The zero-order valence-electron chi connectivity index (χ0n) is 11.0. The summed E-state index contributed by atoms with van der Waals surface area (Å²) in [5.74, 6) is 0.113. The lowest BCUT2D eigenvalue weighted by atomic mass is 10.2. The number of hydrogen-bond acceptors (Lipinski definition) is 5. The van der Waals surface area contributed by atoms with E-state index in [0.29, 0.717) is 24.1 Å². The molecular weight excluding hydrogens is 272 g/mol. The number of carbonyl (C=O) groups excluding carboxylic acids is 1. The molecule has 0 spiro atoms. The molecule has 20 heavy (non-hydrogen) atoms. The van der Waals surface area contributed by atoms with Crippen molar-refractivity contribution in [3.05, 3.63) is 41.2 Å². The Morgan fingerprint density at radius 3 is 2.95 bits per heavy atom. The fraction of sp³-hybridized carbons (Fsp3) is 0.357. The van der Waals surface area contributed by atoms with Crippen LogP contribution in [-0.2, 0) is 17.8 Å². The number of hydrogen-bond donors (Lipinski definition) is 1. The maximum atomic E-state index is 12.4. The van der Waals surface area contributed by atoms with Crippen LogP contribution >= 0.6 is 11.3 Å². The fourth-order valence-corrected chi connectivity index (χ4v) is 2.72. The number of amides is 1. The van der Waals surface area contributed by atoms with Crippen LogP contribution in [0.15, 0.2) is 29.9 Å². The molecule has 0 radical (unpaired) electrons. The summed E-state index contributed by atoms with van der Waals surface area (Å²) in [5, 5.41) is 2.36. The molecule has 2 aromatic rings. The van der Waals surface area contributed by atoms with Gasteiger partial charge in [-0.15, -0.1) is 11.3 Å². The van der Waals surface area contributed by atoms with Crippen molar-refractivity contribution in [1.29, 1.82) is 0 Å². The van der Waals surface area contributed by atoms with E-state index in [4.69, 9.17) is 5.73 Å². The van der Waals surface area contributed by atoms with Gasteiger partial charge in [-0.05, 0) is 24.5 Å². The third-order valence-electron chi connectivity index (χ3n) is 3.29. The molecule has 3 rings (SSSR count). The van der Waals surface area contributed by atoms with E-state index in [0.717, 1.165) is 24.1 Å². The van der Waals surface area contributed by atoms with Gasteiger partial charge in [0.2, 0.25) is 5.91 Å². The van der Waals surface area contributed by atoms with Gasteiger partial charge in [0.25, 0.3) is 0 Å². The van der Waals surface area contributed by atoms with Crippen molar-refractivity contribution in [1.82, 2.24) is 14.9 Å². The van der Waals surface area contributed by atoms with E-state index >= 15 is 0 Å². The predicted molar refractivity (Wildman–Crippen MR) is 78.0 cm³/mol. The van der Waals surface area contributed by atoms with E-state index in [1.54, 1.807) is 6.20 Å². The van der Waals surface area contributed by atoms with E-state index in [1.807, 2.05) is 28.6 Å². The van der Waals surface area contributed by atoms with Crippen LogP contribution in [0.4, 0.5) is 5.13 Å². The zero-order chi connectivity index (χ0) is 13.9. The molecule has 2 N–H and O–H groups in total. The topological polar surface area (TPSA) is 72.1 Å². The Balaban J connectivity index is 1.69. The molecular formula is C14H16N4OS. The highest BCUT2D eigenvalue weighted by atomic mass is 32.1. The molecule has 0 atom stereocenters. The number of nitrogens with zero attached hydrogens (tertiary/aromatic N) is 3. The third kappa shape index (κ3) is 3.14. The maximum Gasteiger partial charge on any atom is 0.229 e. The van der Waals surface area contributed by atoms with Gasteiger partial charge in [-0.2, -0.15) is 0 Å². The summed E-state index contributed by atoms with van der Waals surface area (Å²) >= 11 is 1.37. The minimum Gasteiger partial charge on any atom is -0.375 e. The van der Waals surface area contributed by atoms with Crippen molar-refractivity contribution in [2.24, 2.45) is 0 Å². The second kappa shape index (κ2) is 5.58. The van der Waals surface area contributed by atoms with Crippen LogP contribution in [-0.4, -0.2) is 26.8 Å². The number of pyridine rings is 1. The first kappa shape index (κ1) is 13.1. The van der Waals surface area contributed by atoms with Gasteiger partial charge in [0, 0.05) is 30.4 Å². The normalized spacial score (nSPS) is 14.2. The minimum atomic E-state index is 0.113. The van der Waals surface area contributed by atoms with E-state index in [-0.39, 0.29) is 5.91 Å². The van der Waals surface area contributed by atoms with Gasteiger partial charge in [-0.3, -0.25) is 9.78 Å². The van der Waals surface area contributed by atoms with Crippen LogP contribution < -0.4 is 5.73 Å². The molecule has 2 aromatic heterocycles. The van der Waals surface area contributed by atoms with Crippen molar-refractivity contribution in [2.45, 2.75) is 31.8 Å². The van der Waals surface area contributed by atoms with Gasteiger partial charge in [0.15, 0.2) is 5.13 Å².